The fourth-order valence-electron chi connectivity index (χ4n) is 3.81. The van der Waals surface area contributed by atoms with Gasteiger partial charge in [-0.15, -0.1) is 24.8 Å². The summed E-state index contributed by atoms with van der Waals surface area (Å²) in [5.74, 6) is 0. The summed E-state index contributed by atoms with van der Waals surface area (Å²) in [6.07, 6.45) is 2.48. The number of hydrogen-bond acceptors (Lipinski definition) is 3. The molecule has 1 heterocycles. The first-order valence-electron chi connectivity index (χ1n) is 10.1. The van der Waals surface area contributed by atoms with Crippen LogP contribution in [0.5, 0.6) is 0 Å². The molecule has 0 bridgehead atoms. The van der Waals surface area contributed by atoms with Crippen LogP contribution in [0.1, 0.15) is 37.8 Å². The molecule has 0 amide bonds. The molecule has 0 aromatic heterocycles. The molecule has 2 aromatic rings. The van der Waals surface area contributed by atoms with Gasteiger partial charge in [-0.25, -0.2) is 0 Å². The normalized spacial score (nSPS) is 14.8. The largest absolute Gasteiger partial charge is 0.372 e. The summed E-state index contributed by atoms with van der Waals surface area (Å²) in [5, 5.41) is 3.76. The quantitative estimate of drug-likeness (QED) is 0.634. The number of nitrogens with zero attached hydrogens (tertiary/aromatic N) is 2. The van der Waals surface area contributed by atoms with Gasteiger partial charge in [-0.3, -0.25) is 4.90 Å². The Morgan fingerprint density at radius 2 is 1.46 bits per heavy atom. The van der Waals surface area contributed by atoms with Gasteiger partial charge in [0.25, 0.3) is 0 Å². The van der Waals surface area contributed by atoms with Gasteiger partial charge in [0, 0.05) is 37.9 Å². The number of hydrogen-bond donors (Lipinski definition) is 1. The van der Waals surface area contributed by atoms with Gasteiger partial charge in [0.05, 0.1) is 0 Å². The maximum Gasteiger partial charge on any atom is 0.0366 e. The van der Waals surface area contributed by atoms with Crippen molar-refractivity contribution in [2.45, 2.75) is 45.8 Å². The molecular weight excluding hydrogens is 389 g/mol. The fraction of sp³-hybridized carbons (Fsp3) is 0.478. The van der Waals surface area contributed by atoms with Crippen LogP contribution in [-0.4, -0.2) is 37.1 Å². The van der Waals surface area contributed by atoms with Gasteiger partial charge < -0.3 is 10.2 Å². The molecule has 1 aliphatic rings. The number of likely N-dealkylation sites (tertiary alicyclic amines) is 1. The van der Waals surface area contributed by atoms with Crippen LogP contribution in [0.2, 0.25) is 0 Å². The van der Waals surface area contributed by atoms with Gasteiger partial charge in [-0.05, 0) is 63.0 Å². The second-order valence-corrected chi connectivity index (χ2v) is 7.26. The van der Waals surface area contributed by atoms with E-state index in [4.69, 9.17) is 0 Å². The van der Waals surface area contributed by atoms with E-state index in [1.165, 1.54) is 42.7 Å². The van der Waals surface area contributed by atoms with Crippen LogP contribution >= 0.6 is 24.8 Å². The van der Waals surface area contributed by atoms with Crippen molar-refractivity contribution in [3.05, 3.63) is 65.7 Å². The van der Waals surface area contributed by atoms with Crippen molar-refractivity contribution in [3.8, 4) is 0 Å². The Morgan fingerprint density at radius 1 is 0.857 bits per heavy atom. The molecule has 0 unspecified atom stereocenters. The number of rotatable bonds is 8. The van der Waals surface area contributed by atoms with E-state index in [0.29, 0.717) is 6.04 Å². The van der Waals surface area contributed by atoms with Crippen LogP contribution in [0.3, 0.4) is 0 Å². The lowest BCUT2D eigenvalue weighted by Gasteiger charge is -2.32. The minimum Gasteiger partial charge on any atom is -0.372 e. The molecule has 0 atom stereocenters. The Hall–Kier alpha value is -1.26. The summed E-state index contributed by atoms with van der Waals surface area (Å²) in [5.41, 5.74) is 4.13. The Kier molecular flexibility index (Phi) is 11.6. The van der Waals surface area contributed by atoms with Crippen LogP contribution in [0.15, 0.2) is 54.6 Å². The molecule has 28 heavy (non-hydrogen) atoms. The van der Waals surface area contributed by atoms with E-state index in [2.05, 4.69) is 83.6 Å². The maximum atomic E-state index is 3.76. The highest BCUT2D eigenvalue weighted by Crippen LogP contribution is 2.17. The highest BCUT2D eigenvalue weighted by atomic mass is 35.5. The van der Waals surface area contributed by atoms with Crippen LogP contribution in [0.25, 0.3) is 0 Å². The van der Waals surface area contributed by atoms with Crippen molar-refractivity contribution >= 4 is 30.5 Å². The fourth-order valence-corrected chi connectivity index (χ4v) is 3.81. The molecule has 1 fully saturated rings. The lowest BCUT2D eigenvalue weighted by Crippen LogP contribution is -2.41. The molecule has 1 N–H and O–H groups in total. The molecule has 5 heteroatoms. The van der Waals surface area contributed by atoms with E-state index >= 15 is 0 Å². The molecule has 0 aliphatic carbocycles. The van der Waals surface area contributed by atoms with Gasteiger partial charge in [0.15, 0.2) is 0 Å². The average molecular weight is 424 g/mol. The van der Waals surface area contributed by atoms with Crippen molar-refractivity contribution in [1.82, 2.24) is 10.2 Å². The Labute approximate surface area is 183 Å². The summed E-state index contributed by atoms with van der Waals surface area (Å²) in [4.78, 5) is 4.96. The number of piperidine rings is 1. The zero-order valence-electron chi connectivity index (χ0n) is 17.1. The number of nitrogens with one attached hydrogen (secondary N) is 1. The van der Waals surface area contributed by atoms with Crippen molar-refractivity contribution in [3.63, 3.8) is 0 Å². The standard InChI is InChI=1S/C23H33N3.2ClH/c1-3-26(4-2)23-12-10-20(11-13-23)18-24-22-14-16-25(17-15-22)19-21-8-6-5-7-9-21;;/h5-13,22,24H,3-4,14-19H2,1-2H3;2*1H. The number of anilines is 1. The molecule has 1 saturated heterocycles. The zero-order chi connectivity index (χ0) is 18.2. The molecule has 0 spiro atoms. The van der Waals surface area contributed by atoms with E-state index in [0.717, 1.165) is 26.2 Å². The molecule has 1 aliphatic heterocycles. The van der Waals surface area contributed by atoms with Gasteiger partial charge in [0.2, 0.25) is 0 Å². The van der Waals surface area contributed by atoms with Crippen LogP contribution in [-0.2, 0) is 13.1 Å². The third kappa shape index (κ3) is 7.29. The first kappa shape index (κ1) is 24.8. The average Bonchev–Trinajstić information content (AvgIpc) is 2.70. The second kappa shape index (κ2) is 13.1. The van der Waals surface area contributed by atoms with E-state index in [9.17, 15) is 0 Å². The summed E-state index contributed by atoms with van der Waals surface area (Å²) in [7, 11) is 0. The summed E-state index contributed by atoms with van der Waals surface area (Å²) < 4.78 is 0. The minimum atomic E-state index is 0. The topological polar surface area (TPSA) is 18.5 Å². The Balaban J connectivity index is 0.00000196. The van der Waals surface area contributed by atoms with Crippen LogP contribution in [0.4, 0.5) is 5.69 Å². The summed E-state index contributed by atoms with van der Waals surface area (Å²) in [6, 6.07) is 20.5. The molecule has 156 valence electrons. The summed E-state index contributed by atoms with van der Waals surface area (Å²) >= 11 is 0. The molecule has 0 saturated carbocycles. The minimum absolute atomic E-state index is 0. The van der Waals surface area contributed by atoms with Crippen molar-refractivity contribution in [2.24, 2.45) is 0 Å². The van der Waals surface area contributed by atoms with Gasteiger partial charge >= 0.3 is 0 Å². The van der Waals surface area contributed by atoms with E-state index < -0.39 is 0 Å². The van der Waals surface area contributed by atoms with Crippen LogP contribution in [0, 0.1) is 0 Å². The Bertz CT molecular complexity index is 637. The monoisotopic (exact) mass is 423 g/mol. The molecular formula is C23H35Cl2N3. The molecule has 3 nitrogen and oxygen atoms in total. The van der Waals surface area contributed by atoms with Gasteiger partial charge in [-0.2, -0.15) is 0 Å². The zero-order valence-corrected chi connectivity index (χ0v) is 18.8. The van der Waals surface area contributed by atoms with E-state index in [1.54, 1.807) is 0 Å². The predicted molar refractivity (Wildman–Crippen MR) is 126 cm³/mol. The van der Waals surface area contributed by atoms with E-state index in [1.807, 2.05) is 0 Å². The highest BCUT2D eigenvalue weighted by Gasteiger charge is 2.18. The molecule has 2 aromatic carbocycles. The van der Waals surface area contributed by atoms with Crippen LogP contribution < -0.4 is 10.2 Å². The van der Waals surface area contributed by atoms with Gasteiger partial charge in [-0.1, -0.05) is 42.5 Å². The van der Waals surface area contributed by atoms with E-state index in [-0.39, 0.29) is 24.8 Å². The molecule has 3 rings (SSSR count). The number of halogens is 2. The first-order valence-corrected chi connectivity index (χ1v) is 10.1. The lowest BCUT2D eigenvalue weighted by atomic mass is 10.0. The van der Waals surface area contributed by atoms with Crippen molar-refractivity contribution in [2.75, 3.05) is 31.1 Å². The Morgan fingerprint density at radius 3 is 2.04 bits per heavy atom. The first-order chi connectivity index (χ1) is 12.8. The third-order valence-corrected chi connectivity index (χ3v) is 5.50. The predicted octanol–water partition coefficient (Wildman–Crippen LogP) is 5.13. The lowest BCUT2D eigenvalue weighted by molar-refractivity contribution is 0.190. The molecule has 0 radical (unpaired) electrons. The third-order valence-electron chi connectivity index (χ3n) is 5.50. The van der Waals surface area contributed by atoms with Crippen molar-refractivity contribution in [1.29, 1.82) is 0 Å². The summed E-state index contributed by atoms with van der Waals surface area (Å²) in [6.45, 7) is 11.0. The number of benzene rings is 2. The van der Waals surface area contributed by atoms with Crippen molar-refractivity contribution < 1.29 is 0 Å². The van der Waals surface area contributed by atoms with Gasteiger partial charge in [0.1, 0.15) is 0 Å². The maximum absolute atomic E-state index is 3.76. The second-order valence-electron chi connectivity index (χ2n) is 7.26. The smallest absolute Gasteiger partial charge is 0.0366 e. The SMILES string of the molecule is CCN(CC)c1ccc(CNC2CCN(Cc3ccccc3)CC2)cc1.Cl.Cl. The highest BCUT2D eigenvalue weighted by molar-refractivity contribution is 5.85.